The molecule has 2 aromatic carbocycles. The molecule has 0 radical (unpaired) electrons. The molecule has 1 saturated carbocycles. The maximum Gasteiger partial charge on any atom is 0.326 e. The highest BCUT2D eigenvalue weighted by Gasteiger charge is 2.54. The lowest BCUT2D eigenvalue weighted by molar-refractivity contribution is -0.143. The van der Waals surface area contributed by atoms with Crippen molar-refractivity contribution in [2.24, 2.45) is 16.7 Å². The standard InChI is InChI=1S/C27H33Cl2NO5/c1-26(2)20(12-13-27(26,3)16-34-4)24(31)30-23(25(32)33)14-17-8-10-18(11-9-17)35-15-19-21(28)6-5-7-22(19)29/h5-11,20,23H,12-16H2,1-4H3,(H,30,31)(H,32,33). The fourth-order valence-corrected chi connectivity index (χ4v) is 5.36. The zero-order valence-corrected chi connectivity index (χ0v) is 22.1. The number of methoxy groups -OCH3 is 1. The predicted molar refractivity (Wildman–Crippen MR) is 137 cm³/mol. The second-order valence-electron chi connectivity index (χ2n) is 10.0. The summed E-state index contributed by atoms with van der Waals surface area (Å²) in [7, 11) is 1.66. The number of amides is 1. The molecule has 2 N–H and O–H groups in total. The number of benzene rings is 2. The molecule has 0 aromatic heterocycles. The number of ether oxygens (including phenoxy) is 2. The Balaban J connectivity index is 1.62. The average Bonchev–Trinajstić information content (AvgIpc) is 3.02. The second kappa shape index (κ2) is 11.2. The zero-order chi connectivity index (χ0) is 25.8. The van der Waals surface area contributed by atoms with Crippen molar-refractivity contribution in [2.45, 2.75) is 52.7 Å². The van der Waals surface area contributed by atoms with Gasteiger partial charge in [-0.25, -0.2) is 4.79 Å². The fraction of sp³-hybridized carbons (Fsp3) is 0.481. The number of carbonyl (C=O) groups excluding carboxylic acids is 1. The first-order valence-electron chi connectivity index (χ1n) is 11.7. The van der Waals surface area contributed by atoms with E-state index in [2.05, 4.69) is 26.1 Å². The van der Waals surface area contributed by atoms with Crippen LogP contribution in [-0.4, -0.2) is 36.7 Å². The number of carbonyl (C=O) groups is 2. The van der Waals surface area contributed by atoms with E-state index in [1.807, 2.05) is 0 Å². The van der Waals surface area contributed by atoms with Crippen LogP contribution in [0.15, 0.2) is 42.5 Å². The van der Waals surface area contributed by atoms with E-state index in [1.54, 1.807) is 49.6 Å². The third kappa shape index (κ3) is 6.11. The van der Waals surface area contributed by atoms with Gasteiger partial charge in [0.25, 0.3) is 0 Å². The molecule has 0 saturated heterocycles. The largest absolute Gasteiger partial charge is 0.489 e. The molecule has 0 aliphatic heterocycles. The molecule has 3 atom stereocenters. The minimum atomic E-state index is -1.07. The van der Waals surface area contributed by atoms with Crippen LogP contribution in [0.2, 0.25) is 10.0 Å². The van der Waals surface area contributed by atoms with Crippen molar-refractivity contribution in [2.75, 3.05) is 13.7 Å². The van der Waals surface area contributed by atoms with Crippen LogP contribution in [0.1, 0.15) is 44.7 Å². The summed E-state index contributed by atoms with van der Waals surface area (Å²) in [6, 6.07) is 11.4. The Morgan fingerprint density at radius 3 is 2.31 bits per heavy atom. The quantitative estimate of drug-likeness (QED) is 0.414. The van der Waals surface area contributed by atoms with Gasteiger partial charge in [-0.2, -0.15) is 0 Å². The van der Waals surface area contributed by atoms with Gasteiger partial charge in [-0.15, -0.1) is 0 Å². The third-order valence-electron chi connectivity index (χ3n) is 7.61. The number of hydrogen-bond acceptors (Lipinski definition) is 4. The summed E-state index contributed by atoms with van der Waals surface area (Å²) in [5.74, 6) is -0.969. The van der Waals surface area contributed by atoms with E-state index in [0.717, 1.165) is 12.0 Å². The van der Waals surface area contributed by atoms with Crippen LogP contribution in [0.4, 0.5) is 0 Å². The van der Waals surface area contributed by atoms with Gasteiger partial charge in [0.15, 0.2) is 0 Å². The van der Waals surface area contributed by atoms with Gasteiger partial charge in [-0.1, -0.05) is 62.2 Å². The Labute approximate surface area is 216 Å². The maximum absolute atomic E-state index is 13.1. The van der Waals surface area contributed by atoms with E-state index < -0.39 is 12.0 Å². The Morgan fingerprint density at radius 2 is 1.74 bits per heavy atom. The molecule has 35 heavy (non-hydrogen) atoms. The van der Waals surface area contributed by atoms with Crippen molar-refractivity contribution in [1.29, 1.82) is 0 Å². The average molecular weight is 522 g/mol. The first-order chi connectivity index (χ1) is 16.5. The molecule has 2 aromatic rings. The maximum atomic E-state index is 13.1. The molecule has 3 unspecified atom stereocenters. The Hall–Kier alpha value is -2.28. The minimum absolute atomic E-state index is 0.146. The number of carboxylic acid groups (broad SMARTS) is 1. The van der Waals surface area contributed by atoms with E-state index in [9.17, 15) is 14.7 Å². The molecular weight excluding hydrogens is 489 g/mol. The van der Waals surface area contributed by atoms with Crippen molar-refractivity contribution in [3.63, 3.8) is 0 Å². The van der Waals surface area contributed by atoms with Crippen LogP contribution in [-0.2, 0) is 27.4 Å². The van der Waals surface area contributed by atoms with Crippen LogP contribution in [0.5, 0.6) is 5.75 Å². The lowest BCUT2D eigenvalue weighted by Gasteiger charge is -2.41. The first kappa shape index (κ1) is 27.3. The Morgan fingerprint density at radius 1 is 1.11 bits per heavy atom. The molecule has 0 spiro atoms. The Kier molecular flexibility index (Phi) is 8.73. The fourth-order valence-electron chi connectivity index (χ4n) is 4.86. The molecule has 190 valence electrons. The highest BCUT2D eigenvalue weighted by Crippen LogP contribution is 2.56. The van der Waals surface area contributed by atoms with Crippen molar-refractivity contribution in [3.8, 4) is 5.75 Å². The molecule has 1 aliphatic carbocycles. The molecule has 3 rings (SSSR count). The number of aliphatic carboxylic acids is 1. The van der Waals surface area contributed by atoms with E-state index in [0.29, 0.717) is 34.4 Å². The zero-order valence-electron chi connectivity index (χ0n) is 20.6. The third-order valence-corrected chi connectivity index (χ3v) is 8.32. The van der Waals surface area contributed by atoms with Crippen LogP contribution in [0, 0.1) is 16.7 Å². The first-order valence-corrected chi connectivity index (χ1v) is 12.4. The van der Waals surface area contributed by atoms with Crippen molar-refractivity contribution in [3.05, 3.63) is 63.6 Å². The number of nitrogens with one attached hydrogen (secondary N) is 1. The van der Waals surface area contributed by atoms with Crippen LogP contribution in [0.25, 0.3) is 0 Å². The predicted octanol–water partition coefficient (Wildman–Crippen LogP) is 5.77. The SMILES string of the molecule is COCC1(C)CCC(C(=O)NC(Cc2ccc(OCc3c(Cl)cccc3Cl)cc2)C(=O)O)C1(C)C. The van der Waals surface area contributed by atoms with Gasteiger partial charge in [0.2, 0.25) is 5.91 Å². The molecular formula is C27H33Cl2NO5. The van der Waals surface area contributed by atoms with Gasteiger partial charge in [-0.3, -0.25) is 4.79 Å². The molecule has 1 fully saturated rings. The van der Waals surface area contributed by atoms with E-state index >= 15 is 0 Å². The minimum Gasteiger partial charge on any atom is -0.489 e. The number of halogens is 2. The van der Waals surface area contributed by atoms with E-state index in [1.165, 1.54) is 0 Å². The summed E-state index contributed by atoms with van der Waals surface area (Å²) in [4.78, 5) is 25.1. The summed E-state index contributed by atoms with van der Waals surface area (Å²) in [6.45, 7) is 7.02. The van der Waals surface area contributed by atoms with Crippen LogP contribution in [0.3, 0.4) is 0 Å². The molecule has 0 heterocycles. The number of carboxylic acids is 1. The van der Waals surface area contributed by atoms with E-state index in [-0.39, 0.29) is 35.7 Å². The lowest BCUT2D eigenvalue weighted by atomic mass is 9.66. The second-order valence-corrected chi connectivity index (χ2v) is 10.9. The lowest BCUT2D eigenvalue weighted by Crippen LogP contribution is -2.49. The smallest absolute Gasteiger partial charge is 0.326 e. The van der Waals surface area contributed by atoms with Gasteiger partial charge < -0.3 is 19.9 Å². The van der Waals surface area contributed by atoms with Crippen molar-refractivity contribution >= 4 is 35.1 Å². The van der Waals surface area contributed by atoms with E-state index in [4.69, 9.17) is 32.7 Å². The number of hydrogen-bond donors (Lipinski definition) is 2. The molecule has 8 heteroatoms. The molecule has 6 nitrogen and oxygen atoms in total. The van der Waals surface area contributed by atoms with Crippen LogP contribution < -0.4 is 10.1 Å². The van der Waals surface area contributed by atoms with Crippen molar-refractivity contribution < 1.29 is 24.2 Å². The highest BCUT2D eigenvalue weighted by molar-refractivity contribution is 6.35. The summed E-state index contributed by atoms with van der Waals surface area (Å²) in [6.07, 6.45) is 1.72. The number of rotatable bonds is 10. The van der Waals surface area contributed by atoms with Crippen molar-refractivity contribution in [1.82, 2.24) is 5.32 Å². The summed E-state index contributed by atoms with van der Waals surface area (Å²) >= 11 is 12.4. The van der Waals surface area contributed by atoms with Crippen LogP contribution >= 0.6 is 23.2 Å². The topological polar surface area (TPSA) is 84.9 Å². The van der Waals surface area contributed by atoms with Gasteiger partial charge >= 0.3 is 5.97 Å². The van der Waals surface area contributed by atoms with Gasteiger partial charge in [-0.05, 0) is 53.5 Å². The monoisotopic (exact) mass is 521 g/mol. The molecule has 1 aliphatic rings. The summed E-state index contributed by atoms with van der Waals surface area (Å²) in [5.41, 5.74) is 1.01. The van der Waals surface area contributed by atoms with Gasteiger partial charge in [0.1, 0.15) is 18.4 Å². The molecule has 1 amide bonds. The highest BCUT2D eigenvalue weighted by atomic mass is 35.5. The van der Waals surface area contributed by atoms with Gasteiger partial charge in [0, 0.05) is 35.1 Å². The Bertz CT molecular complexity index is 1040. The summed E-state index contributed by atoms with van der Waals surface area (Å²) < 4.78 is 11.2. The molecule has 0 bridgehead atoms. The normalized spacial score (nSPS) is 21.9. The van der Waals surface area contributed by atoms with Gasteiger partial charge in [0.05, 0.1) is 6.61 Å². The summed E-state index contributed by atoms with van der Waals surface area (Å²) in [5, 5.41) is 13.6.